The van der Waals surface area contributed by atoms with Crippen molar-refractivity contribution in [2.24, 2.45) is 0 Å². The molecule has 3 nitrogen and oxygen atoms in total. The van der Waals surface area contributed by atoms with E-state index in [2.05, 4.69) is 80.1 Å². The molecule has 1 aliphatic rings. The maximum atomic E-state index is 12.5. The lowest BCUT2D eigenvalue weighted by atomic mass is 9.94. The van der Waals surface area contributed by atoms with Crippen LogP contribution in [-0.2, 0) is 0 Å². The first-order chi connectivity index (χ1) is 11.9. The Balaban J connectivity index is 0.000000212. The Labute approximate surface area is 177 Å². The highest BCUT2D eigenvalue weighted by molar-refractivity contribution is 14.1. The summed E-state index contributed by atoms with van der Waals surface area (Å²) in [6.45, 7) is 3.88. The van der Waals surface area contributed by atoms with E-state index in [0.717, 1.165) is 3.57 Å². The lowest BCUT2D eigenvalue weighted by Gasteiger charge is -2.33. The first-order valence-corrected chi connectivity index (χ1v) is 10.7. The summed E-state index contributed by atoms with van der Waals surface area (Å²) in [7, 11) is 2.20. The fourth-order valence-corrected chi connectivity index (χ4v) is 3.77. The quantitative estimate of drug-likeness (QED) is 0.335. The van der Waals surface area contributed by atoms with E-state index in [4.69, 9.17) is 0 Å². The van der Waals surface area contributed by atoms with E-state index >= 15 is 0 Å². The second kappa shape index (κ2) is 9.99. The van der Waals surface area contributed by atoms with Gasteiger partial charge in [-0.1, -0.05) is 19.3 Å². The molecule has 6 heteroatoms. The maximum absolute atomic E-state index is 12.5. The summed E-state index contributed by atoms with van der Waals surface area (Å²) in [6, 6.07) is 4.55. The first-order valence-electron chi connectivity index (χ1n) is 8.52. The average molecular weight is 567 g/mol. The fourth-order valence-electron chi connectivity index (χ4n) is 2.99. The van der Waals surface area contributed by atoms with E-state index in [1.54, 1.807) is 13.0 Å². The molecule has 2 aromatic heterocycles. The molecule has 2 aromatic rings. The third-order valence-electron chi connectivity index (χ3n) is 4.64. The van der Waals surface area contributed by atoms with Crippen molar-refractivity contribution in [3.8, 4) is 0 Å². The molecule has 0 aliphatic heterocycles. The molecule has 136 valence electrons. The molecule has 25 heavy (non-hydrogen) atoms. The Morgan fingerprint density at radius 1 is 0.960 bits per heavy atom. The normalized spacial score (nSPS) is 14.6. The van der Waals surface area contributed by atoms with Crippen LogP contribution >= 0.6 is 45.2 Å². The van der Waals surface area contributed by atoms with E-state index in [9.17, 15) is 4.39 Å². The second-order valence-electron chi connectivity index (χ2n) is 6.35. The van der Waals surface area contributed by atoms with Crippen LogP contribution < -0.4 is 4.90 Å². The highest BCUT2D eigenvalue weighted by atomic mass is 127. The fraction of sp³-hybridized carbons (Fsp3) is 0.474. The lowest BCUT2D eigenvalue weighted by molar-refractivity contribution is 0.425. The molecule has 0 amide bonds. The van der Waals surface area contributed by atoms with Gasteiger partial charge in [0.25, 0.3) is 0 Å². The van der Waals surface area contributed by atoms with Crippen molar-refractivity contribution in [1.82, 2.24) is 9.97 Å². The number of pyridine rings is 2. The lowest BCUT2D eigenvalue weighted by Crippen LogP contribution is -2.34. The van der Waals surface area contributed by atoms with E-state index < -0.39 is 0 Å². The third kappa shape index (κ3) is 5.74. The zero-order valence-corrected chi connectivity index (χ0v) is 19.2. The number of rotatable bonds is 2. The number of anilines is 1. The van der Waals surface area contributed by atoms with Crippen molar-refractivity contribution in [3.63, 3.8) is 0 Å². The average Bonchev–Trinajstić information content (AvgIpc) is 2.63. The molecule has 0 aromatic carbocycles. The van der Waals surface area contributed by atoms with E-state index in [-0.39, 0.29) is 5.95 Å². The van der Waals surface area contributed by atoms with Crippen molar-refractivity contribution < 1.29 is 4.39 Å². The molecule has 1 fully saturated rings. The molecule has 0 unspecified atom stereocenters. The summed E-state index contributed by atoms with van der Waals surface area (Å²) in [5.41, 5.74) is 1.94. The Bertz CT molecular complexity index is 683. The molecule has 0 spiro atoms. The van der Waals surface area contributed by atoms with E-state index in [1.807, 2.05) is 6.20 Å². The van der Waals surface area contributed by atoms with Gasteiger partial charge < -0.3 is 4.90 Å². The molecular formula is C19H24FI2N3. The summed E-state index contributed by atoms with van der Waals surface area (Å²) >= 11 is 4.46. The van der Waals surface area contributed by atoms with Crippen LogP contribution in [0.25, 0.3) is 0 Å². The van der Waals surface area contributed by atoms with Gasteiger partial charge in [-0.05, 0) is 84.0 Å². The minimum absolute atomic E-state index is 0.373. The van der Waals surface area contributed by atoms with Crippen LogP contribution in [-0.4, -0.2) is 23.1 Å². The largest absolute Gasteiger partial charge is 0.356 e. The van der Waals surface area contributed by atoms with Gasteiger partial charge in [0.2, 0.25) is 5.95 Å². The van der Waals surface area contributed by atoms with Gasteiger partial charge in [0, 0.05) is 43.8 Å². The summed E-state index contributed by atoms with van der Waals surface area (Å²) < 4.78 is 14.7. The Morgan fingerprint density at radius 2 is 1.52 bits per heavy atom. The Hall–Kier alpha value is -0.510. The monoisotopic (exact) mass is 567 g/mol. The summed E-state index contributed by atoms with van der Waals surface area (Å²) in [6.07, 6.45) is 10.2. The van der Waals surface area contributed by atoms with Gasteiger partial charge in [-0.25, -0.2) is 9.97 Å². The van der Waals surface area contributed by atoms with Crippen LogP contribution in [0.5, 0.6) is 0 Å². The first kappa shape index (κ1) is 20.8. The smallest absolute Gasteiger partial charge is 0.216 e. The molecule has 0 atom stereocenters. The van der Waals surface area contributed by atoms with Crippen LogP contribution in [0.3, 0.4) is 0 Å². The predicted molar refractivity (Wildman–Crippen MR) is 119 cm³/mol. The molecule has 3 rings (SSSR count). The molecule has 0 saturated heterocycles. The van der Waals surface area contributed by atoms with Gasteiger partial charge in [-0.2, -0.15) is 4.39 Å². The number of hydrogen-bond acceptors (Lipinski definition) is 3. The zero-order valence-electron chi connectivity index (χ0n) is 14.9. The third-order valence-corrected chi connectivity index (χ3v) is 6.98. The molecule has 0 bridgehead atoms. The molecule has 1 aliphatic carbocycles. The second-order valence-corrected chi connectivity index (χ2v) is 8.68. The number of aromatic nitrogens is 2. The number of nitrogens with zero attached hydrogens (tertiary/aromatic N) is 3. The van der Waals surface area contributed by atoms with Crippen molar-refractivity contribution in [2.75, 3.05) is 11.9 Å². The standard InChI is InChI=1S/C13H19IN2.C6H5FIN/c1-10-12(14)8-9-15-13(10)16(2)11-6-4-3-5-7-11;1-4-5(8)2-3-9-6(4)7/h8-9,11H,3-7H2,1-2H3;2-3H,1H3. The Kier molecular flexibility index (Phi) is 8.31. The van der Waals surface area contributed by atoms with Crippen LogP contribution in [0.15, 0.2) is 24.5 Å². The minimum Gasteiger partial charge on any atom is -0.356 e. The SMILES string of the molecule is Cc1c(I)ccnc1F.Cc1c(I)ccnc1N(C)C1CCCCC1. The molecule has 0 N–H and O–H groups in total. The topological polar surface area (TPSA) is 29.0 Å². The highest BCUT2D eigenvalue weighted by Gasteiger charge is 2.20. The van der Waals surface area contributed by atoms with E-state index in [1.165, 1.54) is 53.3 Å². The zero-order chi connectivity index (χ0) is 18.4. The minimum atomic E-state index is -0.373. The van der Waals surface area contributed by atoms with Gasteiger partial charge >= 0.3 is 0 Å². The van der Waals surface area contributed by atoms with Crippen molar-refractivity contribution in [2.45, 2.75) is 52.0 Å². The predicted octanol–water partition coefficient (Wildman–Crippen LogP) is 5.90. The highest BCUT2D eigenvalue weighted by Crippen LogP contribution is 2.28. The van der Waals surface area contributed by atoms with Crippen LogP contribution in [0.2, 0.25) is 0 Å². The maximum Gasteiger partial charge on any atom is 0.216 e. The summed E-state index contributed by atoms with van der Waals surface area (Å²) in [5, 5.41) is 0. The van der Waals surface area contributed by atoms with Crippen LogP contribution in [0.1, 0.15) is 43.2 Å². The molecular weight excluding hydrogens is 543 g/mol. The Morgan fingerprint density at radius 3 is 2.08 bits per heavy atom. The van der Waals surface area contributed by atoms with Crippen LogP contribution in [0.4, 0.5) is 10.2 Å². The van der Waals surface area contributed by atoms with Crippen molar-refractivity contribution in [3.05, 3.63) is 48.7 Å². The molecule has 0 radical (unpaired) electrons. The summed E-state index contributed by atoms with van der Waals surface area (Å²) in [5.74, 6) is 0.792. The van der Waals surface area contributed by atoms with Crippen molar-refractivity contribution in [1.29, 1.82) is 0 Å². The van der Waals surface area contributed by atoms with Crippen LogP contribution in [0, 0.1) is 26.9 Å². The molecule has 1 saturated carbocycles. The van der Waals surface area contributed by atoms with Crippen molar-refractivity contribution >= 4 is 51.0 Å². The van der Waals surface area contributed by atoms with Gasteiger partial charge in [-0.15, -0.1) is 0 Å². The van der Waals surface area contributed by atoms with Gasteiger partial charge in [0.1, 0.15) is 5.82 Å². The van der Waals surface area contributed by atoms with Gasteiger partial charge in [-0.3, -0.25) is 0 Å². The van der Waals surface area contributed by atoms with Gasteiger partial charge in [0.05, 0.1) is 0 Å². The summed E-state index contributed by atoms with van der Waals surface area (Å²) in [4.78, 5) is 10.4. The number of halogens is 3. The molecule has 2 heterocycles. The van der Waals surface area contributed by atoms with Gasteiger partial charge in [0.15, 0.2) is 0 Å². The van der Waals surface area contributed by atoms with E-state index in [0.29, 0.717) is 11.6 Å². The number of hydrogen-bond donors (Lipinski definition) is 0.